The molecule has 0 amide bonds. The molecule has 0 aliphatic carbocycles. The van der Waals surface area contributed by atoms with Gasteiger partial charge in [0, 0.05) is 5.56 Å². The minimum Gasteiger partial charge on any atom is -0.298 e. The van der Waals surface area contributed by atoms with Gasteiger partial charge in [-0.3, -0.25) is 4.79 Å². The Labute approximate surface area is 111 Å². The molecule has 0 aliphatic heterocycles. The number of nitrogens with zero attached hydrogens (tertiary/aromatic N) is 2. The molecule has 3 nitrogen and oxygen atoms in total. The zero-order valence-electron chi connectivity index (χ0n) is 9.67. The van der Waals surface area contributed by atoms with E-state index in [0.29, 0.717) is 22.1 Å². The Morgan fingerprint density at radius 1 is 1.28 bits per heavy atom. The Morgan fingerprint density at radius 2 is 1.83 bits per heavy atom. The summed E-state index contributed by atoms with van der Waals surface area (Å²) in [6.07, 6.45) is 0.396. The Kier molecular flexibility index (Phi) is 3.30. The largest absolute Gasteiger partial charge is 0.298 e. The van der Waals surface area contributed by atoms with E-state index in [2.05, 4.69) is 21.0 Å². The summed E-state index contributed by atoms with van der Waals surface area (Å²) in [6.45, 7) is 3.42. The highest BCUT2D eigenvalue weighted by atomic mass is 79.9. The second-order valence-corrected chi connectivity index (χ2v) is 4.64. The third kappa shape index (κ3) is 1.96. The van der Waals surface area contributed by atoms with Gasteiger partial charge in [0.05, 0.1) is 15.9 Å². The van der Waals surface area contributed by atoms with E-state index in [-0.39, 0.29) is 11.3 Å². The minimum absolute atomic E-state index is 0.0469. The van der Waals surface area contributed by atoms with Gasteiger partial charge in [0.25, 0.3) is 0 Å². The molecule has 0 fully saturated rings. The van der Waals surface area contributed by atoms with E-state index in [1.165, 1.54) is 4.68 Å². The van der Waals surface area contributed by atoms with Gasteiger partial charge in [-0.05, 0) is 41.9 Å². The van der Waals surface area contributed by atoms with Crippen LogP contribution in [0.5, 0.6) is 0 Å². The molecule has 0 saturated heterocycles. The summed E-state index contributed by atoms with van der Waals surface area (Å²) in [4.78, 5) is 10.5. The van der Waals surface area contributed by atoms with Crippen LogP contribution in [0.1, 0.15) is 21.7 Å². The van der Waals surface area contributed by atoms with Crippen LogP contribution in [-0.4, -0.2) is 16.1 Å². The lowest BCUT2D eigenvalue weighted by Crippen LogP contribution is -2.06. The fraction of sp³-hybridized carbons (Fsp3) is 0.167. The average molecular weight is 315 g/mol. The van der Waals surface area contributed by atoms with Gasteiger partial charge in [-0.1, -0.05) is 0 Å². The third-order valence-electron chi connectivity index (χ3n) is 2.59. The van der Waals surface area contributed by atoms with Crippen molar-refractivity contribution in [3.8, 4) is 5.69 Å². The topological polar surface area (TPSA) is 34.9 Å². The smallest absolute Gasteiger partial charge is 0.152 e. The lowest BCUT2D eigenvalue weighted by molar-refractivity contribution is 0.112. The molecule has 1 aromatic heterocycles. The molecule has 1 heterocycles. The lowest BCUT2D eigenvalue weighted by Gasteiger charge is -2.08. The summed E-state index contributed by atoms with van der Waals surface area (Å²) in [6, 6.07) is 1.96. The second-order valence-electron chi connectivity index (χ2n) is 3.85. The van der Waals surface area contributed by atoms with Crippen molar-refractivity contribution < 1.29 is 13.6 Å². The maximum absolute atomic E-state index is 13.8. The number of aryl methyl sites for hydroxylation is 1. The zero-order chi connectivity index (χ0) is 13.4. The number of rotatable bonds is 2. The molecule has 94 valence electrons. The molecule has 0 N–H and O–H groups in total. The molecule has 18 heavy (non-hydrogen) atoms. The van der Waals surface area contributed by atoms with Crippen molar-refractivity contribution in [2.75, 3.05) is 0 Å². The fourth-order valence-corrected chi connectivity index (χ4v) is 1.94. The van der Waals surface area contributed by atoms with Crippen molar-refractivity contribution in [2.24, 2.45) is 0 Å². The number of aldehydes is 1. The van der Waals surface area contributed by atoms with Crippen LogP contribution in [-0.2, 0) is 0 Å². The van der Waals surface area contributed by atoms with Crippen molar-refractivity contribution in [3.63, 3.8) is 0 Å². The SMILES string of the molecule is Cc1nn(-c2c(F)cc(C=O)cc2F)c(C)c1Br. The van der Waals surface area contributed by atoms with E-state index in [0.717, 1.165) is 12.1 Å². The van der Waals surface area contributed by atoms with Crippen molar-refractivity contribution in [1.29, 1.82) is 0 Å². The molecule has 0 aliphatic rings. The first-order chi connectivity index (χ1) is 8.45. The molecular weight excluding hydrogens is 306 g/mol. The van der Waals surface area contributed by atoms with Crippen LogP contribution in [0.15, 0.2) is 16.6 Å². The Bertz CT molecular complexity index is 614. The lowest BCUT2D eigenvalue weighted by atomic mass is 10.2. The fourth-order valence-electron chi connectivity index (χ4n) is 1.70. The van der Waals surface area contributed by atoms with Gasteiger partial charge in [0.2, 0.25) is 0 Å². The molecule has 0 unspecified atom stereocenters. The average Bonchev–Trinajstić information content (AvgIpc) is 2.56. The number of aromatic nitrogens is 2. The molecule has 1 aromatic carbocycles. The van der Waals surface area contributed by atoms with Gasteiger partial charge >= 0.3 is 0 Å². The Balaban J connectivity index is 2.71. The van der Waals surface area contributed by atoms with E-state index in [1.54, 1.807) is 13.8 Å². The molecule has 0 radical (unpaired) electrons. The predicted octanol–water partition coefficient (Wildman–Crippen LogP) is 3.34. The number of hydrogen-bond acceptors (Lipinski definition) is 2. The molecule has 0 bridgehead atoms. The van der Waals surface area contributed by atoms with E-state index in [4.69, 9.17) is 0 Å². The summed E-state index contributed by atoms with van der Waals surface area (Å²) in [5.41, 5.74) is 0.885. The van der Waals surface area contributed by atoms with Gasteiger partial charge < -0.3 is 0 Å². The number of carbonyl (C=O) groups excluding carboxylic acids is 1. The summed E-state index contributed by atoms with van der Waals surface area (Å²) in [7, 11) is 0. The highest BCUT2D eigenvalue weighted by Crippen LogP contribution is 2.26. The van der Waals surface area contributed by atoms with Crippen molar-refractivity contribution in [2.45, 2.75) is 13.8 Å². The first kappa shape index (κ1) is 12.9. The maximum atomic E-state index is 13.8. The normalized spacial score (nSPS) is 10.7. The number of benzene rings is 1. The second kappa shape index (κ2) is 4.61. The summed E-state index contributed by atoms with van der Waals surface area (Å²) < 4.78 is 29.5. The first-order valence-corrected chi connectivity index (χ1v) is 5.91. The highest BCUT2D eigenvalue weighted by Gasteiger charge is 2.18. The van der Waals surface area contributed by atoms with Crippen molar-refractivity contribution in [3.05, 3.63) is 45.2 Å². The van der Waals surface area contributed by atoms with Gasteiger partial charge in [-0.25, -0.2) is 13.5 Å². The van der Waals surface area contributed by atoms with Crippen LogP contribution in [0.25, 0.3) is 5.69 Å². The van der Waals surface area contributed by atoms with Gasteiger partial charge in [-0.15, -0.1) is 0 Å². The number of halogens is 3. The van der Waals surface area contributed by atoms with E-state index < -0.39 is 11.6 Å². The Hall–Kier alpha value is -1.56. The van der Waals surface area contributed by atoms with Crippen molar-refractivity contribution in [1.82, 2.24) is 9.78 Å². The van der Waals surface area contributed by atoms with Crippen LogP contribution in [0.4, 0.5) is 8.78 Å². The highest BCUT2D eigenvalue weighted by molar-refractivity contribution is 9.10. The molecule has 0 spiro atoms. The first-order valence-electron chi connectivity index (χ1n) is 5.12. The summed E-state index contributed by atoms with van der Waals surface area (Å²) >= 11 is 3.29. The quantitative estimate of drug-likeness (QED) is 0.797. The van der Waals surface area contributed by atoms with Crippen LogP contribution in [0.2, 0.25) is 0 Å². The number of hydrogen-bond donors (Lipinski definition) is 0. The summed E-state index contributed by atoms with van der Waals surface area (Å²) in [5.74, 6) is -1.65. The molecule has 2 aromatic rings. The van der Waals surface area contributed by atoms with E-state index in [1.807, 2.05) is 0 Å². The van der Waals surface area contributed by atoms with E-state index in [9.17, 15) is 13.6 Å². The zero-order valence-corrected chi connectivity index (χ0v) is 11.3. The Morgan fingerprint density at radius 3 is 2.22 bits per heavy atom. The predicted molar refractivity (Wildman–Crippen MR) is 66.0 cm³/mol. The van der Waals surface area contributed by atoms with Crippen LogP contribution in [0.3, 0.4) is 0 Å². The van der Waals surface area contributed by atoms with Crippen LogP contribution < -0.4 is 0 Å². The monoisotopic (exact) mass is 314 g/mol. The van der Waals surface area contributed by atoms with Crippen LogP contribution >= 0.6 is 15.9 Å². The molecular formula is C12H9BrF2N2O. The standard InChI is InChI=1S/C12H9BrF2N2O/c1-6-11(13)7(2)17(16-6)12-9(14)3-8(5-18)4-10(12)15/h3-5H,1-2H3. The van der Waals surface area contributed by atoms with Gasteiger partial charge in [-0.2, -0.15) is 5.10 Å². The van der Waals surface area contributed by atoms with Crippen molar-refractivity contribution >= 4 is 22.2 Å². The van der Waals surface area contributed by atoms with E-state index >= 15 is 0 Å². The molecule has 6 heteroatoms. The van der Waals surface area contributed by atoms with Crippen LogP contribution in [0, 0.1) is 25.5 Å². The molecule has 2 rings (SSSR count). The maximum Gasteiger partial charge on any atom is 0.152 e. The molecule has 0 atom stereocenters. The number of carbonyl (C=O) groups is 1. The third-order valence-corrected chi connectivity index (χ3v) is 3.74. The van der Waals surface area contributed by atoms with Gasteiger partial charge in [0.1, 0.15) is 12.0 Å². The summed E-state index contributed by atoms with van der Waals surface area (Å²) in [5, 5.41) is 4.06. The molecule has 0 saturated carbocycles. The van der Waals surface area contributed by atoms with Gasteiger partial charge in [0.15, 0.2) is 11.6 Å². The minimum atomic E-state index is -0.824.